The SMILES string of the molecule is CCCCCCCCCCCOc1ccc(C(=O)N2CCN(N3CCCC3)CC2)cc1. The molecule has 31 heavy (non-hydrogen) atoms. The van der Waals surface area contributed by atoms with Crippen molar-refractivity contribution < 1.29 is 9.53 Å². The van der Waals surface area contributed by atoms with Gasteiger partial charge in [-0.2, -0.15) is 0 Å². The van der Waals surface area contributed by atoms with Crippen LogP contribution < -0.4 is 4.74 Å². The zero-order chi connectivity index (χ0) is 21.7. The van der Waals surface area contributed by atoms with E-state index < -0.39 is 0 Å². The normalized spacial score (nSPS) is 17.9. The number of nitrogens with zero attached hydrogens (tertiary/aromatic N) is 3. The zero-order valence-electron chi connectivity index (χ0n) is 19.7. The fourth-order valence-electron chi connectivity index (χ4n) is 4.64. The largest absolute Gasteiger partial charge is 0.494 e. The summed E-state index contributed by atoms with van der Waals surface area (Å²) in [6.07, 6.45) is 14.5. The Morgan fingerprint density at radius 3 is 1.90 bits per heavy atom. The Morgan fingerprint density at radius 2 is 1.29 bits per heavy atom. The van der Waals surface area contributed by atoms with Crippen molar-refractivity contribution in [1.82, 2.24) is 14.9 Å². The van der Waals surface area contributed by atoms with Gasteiger partial charge in [-0.25, -0.2) is 10.0 Å². The lowest BCUT2D eigenvalue weighted by molar-refractivity contribution is -0.0355. The van der Waals surface area contributed by atoms with Crippen LogP contribution in [0.2, 0.25) is 0 Å². The van der Waals surface area contributed by atoms with E-state index in [9.17, 15) is 4.79 Å². The summed E-state index contributed by atoms with van der Waals surface area (Å²) < 4.78 is 5.88. The maximum Gasteiger partial charge on any atom is 0.253 e. The number of carbonyl (C=O) groups excluding carboxylic acids is 1. The van der Waals surface area contributed by atoms with Crippen molar-refractivity contribution in [3.8, 4) is 5.75 Å². The lowest BCUT2D eigenvalue weighted by Crippen LogP contribution is -2.54. The van der Waals surface area contributed by atoms with Gasteiger partial charge >= 0.3 is 0 Å². The number of hydrogen-bond donors (Lipinski definition) is 0. The van der Waals surface area contributed by atoms with Gasteiger partial charge < -0.3 is 9.64 Å². The quantitative estimate of drug-likeness (QED) is 0.395. The molecule has 5 nitrogen and oxygen atoms in total. The highest BCUT2D eigenvalue weighted by Crippen LogP contribution is 2.18. The van der Waals surface area contributed by atoms with E-state index in [0.29, 0.717) is 0 Å². The van der Waals surface area contributed by atoms with Crippen molar-refractivity contribution in [2.45, 2.75) is 77.6 Å². The number of ether oxygens (including phenoxy) is 1. The minimum absolute atomic E-state index is 0.145. The molecule has 2 heterocycles. The third-order valence-corrected chi connectivity index (χ3v) is 6.64. The van der Waals surface area contributed by atoms with E-state index >= 15 is 0 Å². The molecule has 174 valence electrons. The fourth-order valence-corrected chi connectivity index (χ4v) is 4.64. The second-order valence-corrected chi connectivity index (χ2v) is 9.11. The number of carbonyl (C=O) groups is 1. The first-order valence-corrected chi connectivity index (χ1v) is 12.8. The van der Waals surface area contributed by atoms with E-state index in [2.05, 4.69) is 16.9 Å². The second kappa shape index (κ2) is 13.7. The monoisotopic (exact) mass is 429 g/mol. The predicted molar refractivity (Wildman–Crippen MR) is 127 cm³/mol. The smallest absolute Gasteiger partial charge is 0.253 e. The molecule has 2 fully saturated rings. The van der Waals surface area contributed by atoms with Crippen molar-refractivity contribution >= 4 is 5.91 Å². The van der Waals surface area contributed by atoms with Gasteiger partial charge in [0.1, 0.15) is 5.75 Å². The Hall–Kier alpha value is -1.59. The third kappa shape index (κ3) is 8.12. The maximum absolute atomic E-state index is 12.8. The van der Waals surface area contributed by atoms with Gasteiger partial charge in [0.05, 0.1) is 6.61 Å². The molecule has 2 saturated heterocycles. The highest BCUT2D eigenvalue weighted by atomic mass is 16.5. The molecule has 0 aromatic heterocycles. The summed E-state index contributed by atoms with van der Waals surface area (Å²) in [5.41, 5.74) is 0.769. The molecule has 0 bridgehead atoms. The molecule has 2 aliphatic heterocycles. The summed E-state index contributed by atoms with van der Waals surface area (Å²) in [6, 6.07) is 7.73. The molecule has 0 saturated carbocycles. The number of amides is 1. The first-order valence-electron chi connectivity index (χ1n) is 12.8. The first kappa shape index (κ1) is 24.1. The molecule has 1 aromatic carbocycles. The molecule has 0 aliphatic carbocycles. The zero-order valence-corrected chi connectivity index (χ0v) is 19.7. The maximum atomic E-state index is 12.8. The summed E-state index contributed by atoms with van der Waals surface area (Å²) in [7, 11) is 0. The van der Waals surface area contributed by atoms with Crippen LogP contribution in [-0.2, 0) is 0 Å². The summed E-state index contributed by atoms with van der Waals surface area (Å²) in [6.45, 7) is 8.91. The van der Waals surface area contributed by atoms with Gasteiger partial charge in [-0.1, -0.05) is 58.3 Å². The summed E-state index contributed by atoms with van der Waals surface area (Å²) >= 11 is 0. The average molecular weight is 430 g/mol. The van der Waals surface area contributed by atoms with Crippen molar-refractivity contribution in [2.75, 3.05) is 45.9 Å². The van der Waals surface area contributed by atoms with E-state index in [1.165, 1.54) is 77.3 Å². The van der Waals surface area contributed by atoms with Crippen molar-refractivity contribution in [1.29, 1.82) is 0 Å². The van der Waals surface area contributed by atoms with Crippen LogP contribution in [0.15, 0.2) is 24.3 Å². The van der Waals surface area contributed by atoms with Gasteiger partial charge in [0.15, 0.2) is 0 Å². The summed E-state index contributed by atoms with van der Waals surface area (Å²) in [4.78, 5) is 14.8. The van der Waals surface area contributed by atoms with Gasteiger partial charge in [0.25, 0.3) is 5.91 Å². The average Bonchev–Trinajstić information content (AvgIpc) is 3.35. The van der Waals surface area contributed by atoms with Crippen LogP contribution in [0.1, 0.15) is 87.9 Å². The van der Waals surface area contributed by atoms with E-state index in [1.54, 1.807) is 0 Å². The second-order valence-electron chi connectivity index (χ2n) is 9.11. The van der Waals surface area contributed by atoms with Crippen molar-refractivity contribution in [2.24, 2.45) is 0 Å². The molecular weight excluding hydrogens is 386 g/mol. The number of hydrogen-bond acceptors (Lipinski definition) is 4. The summed E-state index contributed by atoms with van der Waals surface area (Å²) in [5, 5.41) is 4.89. The first-order chi connectivity index (χ1) is 15.3. The predicted octanol–water partition coefficient (Wildman–Crippen LogP) is 5.36. The van der Waals surface area contributed by atoms with Crippen LogP contribution in [0.5, 0.6) is 5.75 Å². The molecular formula is C26H43N3O2. The van der Waals surface area contributed by atoms with Crippen molar-refractivity contribution in [3.63, 3.8) is 0 Å². The molecule has 0 radical (unpaired) electrons. The minimum Gasteiger partial charge on any atom is -0.494 e. The third-order valence-electron chi connectivity index (χ3n) is 6.64. The molecule has 0 unspecified atom stereocenters. The number of benzene rings is 1. The van der Waals surface area contributed by atoms with Crippen LogP contribution in [-0.4, -0.2) is 66.7 Å². The van der Waals surface area contributed by atoms with Gasteiger partial charge in [0.2, 0.25) is 0 Å². The molecule has 3 rings (SSSR count). The molecule has 2 aliphatic rings. The Morgan fingerprint density at radius 1 is 0.742 bits per heavy atom. The van der Waals surface area contributed by atoms with Crippen LogP contribution >= 0.6 is 0 Å². The summed E-state index contributed by atoms with van der Waals surface area (Å²) in [5.74, 6) is 1.02. The Labute approximate surface area is 189 Å². The van der Waals surface area contributed by atoms with E-state index in [4.69, 9.17) is 4.74 Å². The highest BCUT2D eigenvalue weighted by molar-refractivity contribution is 5.94. The molecule has 0 atom stereocenters. The number of unbranched alkanes of at least 4 members (excludes halogenated alkanes) is 8. The van der Waals surface area contributed by atoms with Crippen LogP contribution in [0.25, 0.3) is 0 Å². The number of rotatable bonds is 13. The lowest BCUT2D eigenvalue weighted by atomic mass is 10.1. The number of piperazine rings is 1. The van der Waals surface area contributed by atoms with Crippen LogP contribution in [0, 0.1) is 0 Å². The molecule has 1 aromatic rings. The molecule has 1 amide bonds. The Bertz CT molecular complexity index is 620. The van der Waals surface area contributed by atoms with E-state index in [-0.39, 0.29) is 5.91 Å². The van der Waals surface area contributed by atoms with Gasteiger partial charge in [-0.15, -0.1) is 0 Å². The van der Waals surface area contributed by atoms with Crippen LogP contribution in [0.3, 0.4) is 0 Å². The van der Waals surface area contributed by atoms with Gasteiger partial charge in [-0.3, -0.25) is 4.79 Å². The standard InChI is InChI=1S/C26H43N3O2/c1-2-3-4-5-6-7-8-9-12-23-31-25-15-13-24(14-16-25)26(30)27-19-21-29(22-20-27)28-17-10-11-18-28/h13-16H,2-12,17-23H2,1H3. The topological polar surface area (TPSA) is 36.0 Å². The fraction of sp³-hybridized carbons (Fsp3) is 0.731. The van der Waals surface area contributed by atoms with Gasteiger partial charge in [0, 0.05) is 44.8 Å². The molecule has 5 heteroatoms. The number of hydrazine groups is 1. The Balaban J connectivity index is 1.28. The highest BCUT2D eigenvalue weighted by Gasteiger charge is 2.26. The van der Waals surface area contributed by atoms with Crippen LogP contribution in [0.4, 0.5) is 0 Å². The Kier molecular flexibility index (Phi) is 10.7. The molecule has 0 N–H and O–H groups in total. The minimum atomic E-state index is 0.145. The van der Waals surface area contributed by atoms with Crippen molar-refractivity contribution in [3.05, 3.63) is 29.8 Å². The lowest BCUT2D eigenvalue weighted by Gasteiger charge is -2.39. The molecule has 0 spiro atoms. The van der Waals surface area contributed by atoms with Gasteiger partial charge in [-0.05, 0) is 43.5 Å². The van der Waals surface area contributed by atoms with E-state index in [1.807, 2.05) is 29.2 Å². The van der Waals surface area contributed by atoms with E-state index in [0.717, 1.165) is 50.5 Å².